The maximum Gasteiger partial charge on any atom is 0.251 e. The third-order valence-corrected chi connectivity index (χ3v) is 10.9. The number of nitriles is 1. The zero-order chi connectivity index (χ0) is 31.3. The predicted octanol–water partition coefficient (Wildman–Crippen LogP) is 4.52. The molecule has 2 heterocycles. The Balaban J connectivity index is 1.33. The summed E-state index contributed by atoms with van der Waals surface area (Å²) in [6.07, 6.45) is 7.52. The quantitative estimate of drug-likeness (QED) is 0.371. The highest BCUT2D eigenvalue weighted by atomic mass is 16.1. The maximum absolute atomic E-state index is 12.7. The van der Waals surface area contributed by atoms with Gasteiger partial charge in [0, 0.05) is 49.2 Å². The molecule has 5 aliphatic rings. The van der Waals surface area contributed by atoms with Gasteiger partial charge in [-0.15, -0.1) is 5.10 Å². The van der Waals surface area contributed by atoms with Crippen molar-refractivity contribution in [3.05, 3.63) is 88.6 Å². The second-order valence-corrected chi connectivity index (χ2v) is 13.3. The zero-order valence-electron chi connectivity index (χ0n) is 26.1. The first kappa shape index (κ1) is 29.2. The molecule has 2 unspecified atom stereocenters. The Kier molecular flexibility index (Phi) is 7.23. The van der Waals surface area contributed by atoms with Gasteiger partial charge in [-0.05, 0) is 103 Å². The smallest absolute Gasteiger partial charge is 0.251 e. The Morgan fingerprint density at radius 3 is 2.38 bits per heavy atom. The van der Waals surface area contributed by atoms with Crippen molar-refractivity contribution >= 4 is 23.4 Å². The number of hydrogen-bond donors (Lipinski definition) is 3. The largest absolute Gasteiger partial charge is 0.388 e. The van der Waals surface area contributed by atoms with E-state index >= 15 is 0 Å². The molecule has 2 aromatic carbocycles. The molecule has 0 radical (unpaired) electrons. The Hall–Kier alpha value is -4.51. The number of amides is 1. The fourth-order valence-corrected chi connectivity index (χ4v) is 8.25. The number of carbonyl (C=O) groups is 1. The molecule has 1 amide bonds. The standard InChI is InChI=1S/C36H40N8O/c1-22(44-29(18-37)16-28-17-32(28)44)19-41-35(12-5-13-35)20-36(34-40-21-42-43-34)30-10-8-24(23(2)38-3)14-25(30)6-7-26-15-27(33(45)39-4)9-11-31(26)36/h8-11,14-15,28-29,32,38,41H,1-2,5-7,12-13,16-17,19-20H2,3-4H3,(H,39,45)/t28-,29?,32+,36?/m1/s1. The van der Waals surface area contributed by atoms with E-state index in [2.05, 4.69) is 80.6 Å². The molecule has 3 N–H and O–H groups in total. The molecule has 9 heteroatoms. The second kappa shape index (κ2) is 11.1. The minimum Gasteiger partial charge on any atom is -0.388 e. The first-order valence-electron chi connectivity index (χ1n) is 16.0. The van der Waals surface area contributed by atoms with Crippen LogP contribution in [0.3, 0.4) is 0 Å². The van der Waals surface area contributed by atoms with E-state index < -0.39 is 5.41 Å². The van der Waals surface area contributed by atoms with Gasteiger partial charge in [0.25, 0.3) is 5.91 Å². The number of fused-ring (bicyclic) bond motifs is 3. The number of piperidine rings is 1. The Morgan fingerprint density at radius 2 is 1.78 bits per heavy atom. The van der Waals surface area contributed by atoms with Crippen molar-refractivity contribution in [2.24, 2.45) is 21.1 Å². The lowest BCUT2D eigenvalue weighted by Gasteiger charge is -2.50. The van der Waals surface area contributed by atoms with Crippen LogP contribution in [-0.4, -0.2) is 60.9 Å². The van der Waals surface area contributed by atoms with Gasteiger partial charge in [-0.3, -0.25) is 4.79 Å². The van der Waals surface area contributed by atoms with Crippen LogP contribution in [0, 0.1) is 17.2 Å². The molecule has 0 aromatic heterocycles. The average Bonchev–Trinajstić information content (AvgIpc) is 3.43. The van der Waals surface area contributed by atoms with Crippen LogP contribution in [0.5, 0.6) is 0 Å². The summed E-state index contributed by atoms with van der Waals surface area (Å²) in [4.78, 5) is 19.7. The molecule has 0 spiro atoms. The summed E-state index contributed by atoms with van der Waals surface area (Å²) in [7, 11) is 3.55. The maximum atomic E-state index is 12.7. The fraction of sp³-hybridized carbons (Fsp3) is 0.444. The summed E-state index contributed by atoms with van der Waals surface area (Å²) < 4.78 is 0. The number of aryl methyl sites for hydroxylation is 2. The van der Waals surface area contributed by atoms with Gasteiger partial charge in [0.1, 0.15) is 12.1 Å². The predicted molar refractivity (Wildman–Crippen MR) is 176 cm³/mol. The highest BCUT2D eigenvalue weighted by Crippen LogP contribution is 2.52. The molecule has 9 nitrogen and oxygen atoms in total. The number of benzene rings is 2. The molecule has 0 bridgehead atoms. The Labute approximate surface area is 264 Å². The molecular weight excluding hydrogens is 560 g/mol. The van der Waals surface area contributed by atoms with Crippen LogP contribution in [0.15, 0.2) is 70.4 Å². The van der Waals surface area contributed by atoms with Crippen LogP contribution in [0.2, 0.25) is 0 Å². The summed E-state index contributed by atoms with van der Waals surface area (Å²) >= 11 is 0. The minimum absolute atomic E-state index is 0.0808. The number of nitrogens with one attached hydrogen (secondary N) is 3. The lowest BCUT2D eigenvalue weighted by atomic mass is 9.59. The minimum atomic E-state index is -0.728. The van der Waals surface area contributed by atoms with Crippen molar-refractivity contribution in [1.82, 2.24) is 20.9 Å². The Morgan fingerprint density at radius 1 is 1.07 bits per heavy atom. The molecule has 7 rings (SSSR count). The van der Waals surface area contributed by atoms with Crippen molar-refractivity contribution in [3.8, 4) is 6.07 Å². The van der Waals surface area contributed by atoms with Gasteiger partial charge in [-0.1, -0.05) is 36.5 Å². The summed E-state index contributed by atoms with van der Waals surface area (Å²) in [6.45, 7) is 9.31. The average molecular weight is 601 g/mol. The second-order valence-electron chi connectivity index (χ2n) is 13.3. The molecule has 3 aliphatic carbocycles. The highest BCUT2D eigenvalue weighted by Gasteiger charge is 2.54. The molecular formula is C36H40N8O. The molecule has 3 fully saturated rings. The number of amidine groups is 1. The summed E-state index contributed by atoms with van der Waals surface area (Å²) in [5.74, 6) is 1.15. The van der Waals surface area contributed by atoms with Gasteiger partial charge < -0.3 is 20.9 Å². The monoisotopic (exact) mass is 600 g/mol. The summed E-state index contributed by atoms with van der Waals surface area (Å²) in [5.41, 5.74) is 7.17. The number of hydrogen-bond acceptors (Lipinski definition) is 8. The summed E-state index contributed by atoms with van der Waals surface area (Å²) in [5, 5.41) is 28.5. The van der Waals surface area contributed by atoms with E-state index in [4.69, 9.17) is 4.99 Å². The van der Waals surface area contributed by atoms with Crippen LogP contribution < -0.4 is 16.0 Å². The van der Waals surface area contributed by atoms with E-state index in [1.54, 1.807) is 7.05 Å². The lowest BCUT2D eigenvalue weighted by Crippen LogP contribution is -2.58. The molecule has 4 atom stereocenters. The first-order chi connectivity index (χ1) is 21.8. The fourth-order valence-electron chi connectivity index (χ4n) is 8.25. The third kappa shape index (κ3) is 4.80. The van der Waals surface area contributed by atoms with E-state index in [-0.39, 0.29) is 17.5 Å². The molecule has 230 valence electrons. The van der Waals surface area contributed by atoms with Gasteiger partial charge in [0.05, 0.1) is 11.5 Å². The van der Waals surface area contributed by atoms with Gasteiger partial charge >= 0.3 is 0 Å². The van der Waals surface area contributed by atoms with E-state index in [1.165, 1.54) is 5.56 Å². The van der Waals surface area contributed by atoms with Crippen molar-refractivity contribution in [2.75, 3.05) is 20.6 Å². The number of aliphatic imine (C=N–C) groups is 1. The molecule has 1 saturated heterocycles. The van der Waals surface area contributed by atoms with Crippen molar-refractivity contribution in [2.45, 2.75) is 74.4 Å². The van der Waals surface area contributed by atoms with E-state index in [0.29, 0.717) is 36.3 Å². The van der Waals surface area contributed by atoms with Gasteiger partial charge in [-0.25, -0.2) is 0 Å². The number of rotatable bonds is 10. The molecule has 2 saturated carbocycles. The highest BCUT2D eigenvalue weighted by molar-refractivity contribution is 6.03. The van der Waals surface area contributed by atoms with E-state index in [0.717, 1.165) is 78.6 Å². The topological polar surface area (TPSA) is 117 Å². The first-order valence-corrected chi connectivity index (χ1v) is 16.0. The molecule has 45 heavy (non-hydrogen) atoms. The van der Waals surface area contributed by atoms with E-state index in [9.17, 15) is 10.1 Å². The van der Waals surface area contributed by atoms with Gasteiger partial charge in [0.2, 0.25) is 0 Å². The lowest BCUT2D eigenvalue weighted by molar-refractivity contribution is 0.0963. The number of likely N-dealkylation sites (tertiary alicyclic amines) is 1. The van der Waals surface area contributed by atoms with Crippen molar-refractivity contribution in [1.29, 1.82) is 5.26 Å². The van der Waals surface area contributed by atoms with Crippen LogP contribution in [0.25, 0.3) is 5.70 Å². The molecule has 2 aliphatic heterocycles. The van der Waals surface area contributed by atoms with Crippen molar-refractivity contribution in [3.63, 3.8) is 0 Å². The van der Waals surface area contributed by atoms with Crippen LogP contribution >= 0.6 is 0 Å². The zero-order valence-corrected chi connectivity index (χ0v) is 26.1. The summed E-state index contributed by atoms with van der Waals surface area (Å²) in [6, 6.07) is 18.3. The van der Waals surface area contributed by atoms with Crippen LogP contribution in [0.1, 0.15) is 76.7 Å². The number of nitrogens with zero attached hydrogens (tertiary/aromatic N) is 5. The third-order valence-electron chi connectivity index (χ3n) is 10.9. The van der Waals surface area contributed by atoms with Gasteiger partial charge in [-0.2, -0.15) is 10.3 Å². The SMILES string of the molecule is C=C(NC)c1ccc2c(c1)CCc1cc(C(=O)NC)ccc1C2(CC1(NCC(=C)N2C(C#N)C[C@@H]3C[C@@H]32)CCC1)C1=NN=C=N1. The van der Waals surface area contributed by atoms with Crippen LogP contribution in [0.4, 0.5) is 0 Å². The van der Waals surface area contributed by atoms with Gasteiger partial charge in [0.15, 0.2) is 5.84 Å². The normalized spacial score (nSPS) is 26.4. The van der Waals surface area contributed by atoms with Crippen LogP contribution in [-0.2, 0) is 18.3 Å². The number of carbonyl (C=O) groups excluding carboxylic acids is 1. The van der Waals surface area contributed by atoms with Crippen molar-refractivity contribution < 1.29 is 4.79 Å². The molecule has 2 aromatic rings. The van der Waals surface area contributed by atoms with E-state index in [1.807, 2.05) is 19.2 Å². The Bertz CT molecular complexity index is 1670.